The van der Waals surface area contributed by atoms with Gasteiger partial charge in [-0.25, -0.2) is 9.18 Å². The monoisotopic (exact) mass is 518 g/mol. The van der Waals surface area contributed by atoms with Crippen LogP contribution in [0.25, 0.3) is 11.1 Å². The van der Waals surface area contributed by atoms with Crippen LogP contribution in [0.4, 0.5) is 14.9 Å². The van der Waals surface area contributed by atoms with Gasteiger partial charge in [0.15, 0.2) is 0 Å². The molecule has 3 aromatic carbocycles. The summed E-state index contributed by atoms with van der Waals surface area (Å²) in [5, 5.41) is 12.0. The summed E-state index contributed by atoms with van der Waals surface area (Å²) in [5.74, 6) is -1.24. The van der Waals surface area contributed by atoms with Crippen LogP contribution >= 0.6 is 0 Å². The fraction of sp³-hybridized carbons (Fsp3) is 0.355. The Morgan fingerprint density at radius 1 is 1.08 bits per heavy atom. The number of ether oxygens (including phenoxy) is 1. The number of anilines is 1. The average molecular weight is 519 g/mol. The zero-order valence-electron chi connectivity index (χ0n) is 22.4. The van der Waals surface area contributed by atoms with Crippen molar-refractivity contribution in [2.24, 2.45) is 0 Å². The number of hydrogen-bond acceptors (Lipinski definition) is 4. The van der Waals surface area contributed by atoms with Crippen molar-refractivity contribution in [3.63, 3.8) is 0 Å². The maximum Gasteiger partial charge on any atom is 0.408 e. The van der Waals surface area contributed by atoms with E-state index in [1.807, 2.05) is 36.4 Å². The number of fused-ring (bicyclic) bond motifs is 1. The van der Waals surface area contributed by atoms with E-state index < -0.39 is 23.7 Å². The molecule has 3 aromatic rings. The standard InChI is InChI=1S/C31H35FN2O4/c1-20(33-30(37)38-31(2,3)4)25-12-7-13-26(29(25)32)23-15-14-21-11-8-16-34(27(21)17-23)19-24-10-6-5-9-22(24)18-28(35)36/h5-7,9-10,12-15,17,20H,8,11,16,18-19H2,1-4H3,(H,33,37)(H,35,36). The van der Waals surface area contributed by atoms with E-state index in [2.05, 4.69) is 16.3 Å². The van der Waals surface area contributed by atoms with Gasteiger partial charge in [-0.05, 0) is 68.9 Å². The van der Waals surface area contributed by atoms with E-state index in [9.17, 15) is 14.7 Å². The number of nitrogens with one attached hydrogen (secondary N) is 1. The Morgan fingerprint density at radius 3 is 2.53 bits per heavy atom. The number of aliphatic carboxylic acids is 1. The number of carboxylic acid groups (broad SMARTS) is 1. The number of halogens is 1. The van der Waals surface area contributed by atoms with Gasteiger partial charge in [0, 0.05) is 29.9 Å². The topological polar surface area (TPSA) is 78.9 Å². The molecule has 38 heavy (non-hydrogen) atoms. The number of carbonyl (C=O) groups is 2. The summed E-state index contributed by atoms with van der Waals surface area (Å²) >= 11 is 0. The van der Waals surface area contributed by atoms with Crippen LogP contribution in [0.1, 0.15) is 62.4 Å². The van der Waals surface area contributed by atoms with E-state index in [-0.39, 0.29) is 12.2 Å². The fourth-order valence-electron chi connectivity index (χ4n) is 4.90. The minimum atomic E-state index is -0.857. The molecule has 0 spiro atoms. The number of carboxylic acids is 1. The van der Waals surface area contributed by atoms with Crippen molar-refractivity contribution in [3.8, 4) is 11.1 Å². The molecule has 200 valence electrons. The first-order chi connectivity index (χ1) is 18.0. The van der Waals surface area contributed by atoms with Crippen molar-refractivity contribution < 1.29 is 23.8 Å². The van der Waals surface area contributed by atoms with Crippen LogP contribution in [0.15, 0.2) is 60.7 Å². The predicted molar refractivity (Wildman–Crippen MR) is 147 cm³/mol. The molecule has 2 N–H and O–H groups in total. The van der Waals surface area contributed by atoms with Crippen LogP contribution < -0.4 is 10.2 Å². The number of amides is 1. The van der Waals surface area contributed by atoms with Crippen LogP contribution in [0.5, 0.6) is 0 Å². The normalized spacial score (nSPS) is 14.0. The van der Waals surface area contributed by atoms with Crippen LogP contribution in [0.2, 0.25) is 0 Å². The number of carbonyl (C=O) groups excluding carboxylic acids is 1. The van der Waals surface area contributed by atoms with Gasteiger partial charge in [-0.3, -0.25) is 4.79 Å². The van der Waals surface area contributed by atoms with Crippen LogP contribution in [-0.2, 0) is 28.9 Å². The van der Waals surface area contributed by atoms with Gasteiger partial charge in [0.2, 0.25) is 0 Å². The minimum absolute atomic E-state index is 0.0234. The lowest BCUT2D eigenvalue weighted by Crippen LogP contribution is -2.34. The second-order valence-electron chi connectivity index (χ2n) is 10.8. The number of hydrogen-bond donors (Lipinski definition) is 2. The van der Waals surface area contributed by atoms with Gasteiger partial charge in [0.05, 0.1) is 12.5 Å². The first-order valence-electron chi connectivity index (χ1n) is 13.0. The zero-order chi connectivity index (χ0) is 27.4. The van der Waals surface area contributed by atoms with Crippen molar-refractivity contribution in [1.82, 2.24) is 5.32 Å². The molecular weight excluding hydrogens is 483 g/mol. The van der Waals surface area contributed by atoms with Gasteiger partial charge < -0.3 is 20.1 Å². The zero-order valence-corrected chi connectivity index (χ0v) is 22.4. The number of alkyl carbamates (subject to hydrolysis) is 1. The third kappa shape index (κ3) is 6.52. The maximum atomic E-state index is 15.8. The van der Waals surface area contributed by atoms with E-state index >= 15 is 4.39 Å². The van der Waals surface area contributed by atoms with Gasteiger partial charge >= 0.3 is 12.1 Å². The van der Waals surface area contributed by atoms with Gasteiger partial charge in [0.25, 0.3) is 0 Å². The molecule has 0 bridgehead atoms. The van der Waals surface area contributed by atoms with Gasteiger partial charge in [-0.2, -0.15) is 0 Å². The first kappa shape index (κ1) is 27.2. The summed E-state index contributed by atoms with van der Waals surface area (Å²) < 4.78 is 21.1. The Hall–Kier alpha value is -3.87. The number of rotatable bonds is 7. The fourth-order valence-corrected chi connectivity index (χ4v) is 4.90. The minimum Gasteiger partial charge on any atom is -0.481 e. The second kappa shape index (κ2) is 11.3. The number of benzene rings is 3. The molecule has 1 amide bonds. The van der Waals surface area contributed by atoms with E-state index in [0.29, 0.717) is 17.7 Å². The van der Waals surface area contributed by atoms with Crippen molar-refractivity contribution in [3.05, 3.63) is 88.7 Å². The quantitative estimate of drug-likeness (QED) is 0.366. The molecule has 1 aliphatic rings. The number of aryl methyl sites for hydroxylation is 1. The highest BCUT2D eigenvalue weighted by molar-refractivity contribution is 5.74. The van der Waals surface area contributed by atoms with E-state index in [0.717, 1.165) is 41.8 Å². The molecule has 4 rings (SSSR count). The molecule has 1 atom stereocenters. The van der Waals surface area contributed by atoms with Crippen molar-refractivity contribution in [2.45, 2.75) is 65.1 Å². The van der Waals surface area contributed by atoms with E-state index in [1.54, 1.807) is 45.9 Å². The second-order valence-corrected chi connectivity index (χ2v) is 10.8. The van der Waals surface area contributed by atoms with E-state index in [4.69, 9.17) is 4.74 Å². The molecule has 0 fully saturated rings. The Morgan fingerprint density at radius 2 is 1.82 bits per heavy atom. The van der Waals surface area contributed by atoms with Gasteiger partial charge in [0.1, 0.15) is 11.4 Å². The molecule has 0 saturated carbocycles. The largest absolute Gasteiger partial charge is 0.481 e. The van der Waals surface area contributed by atoms with Gasteiger partial charge in [-0.15, -0.1) is 0 Å². The molecule has 1 unspecified atom stereocenters. The number of nitrogens with zero attached hydrogens (tertiary/aromatic N) is 1. The highest BCUT2D eigenvalue weighted by Crippen LogP contribution is 2.35. The molecule has 0 radical (unpaired) electrons. The Kier molecular flexibility index (Phi) is 8.05. The molecule has 0 aliphatic carbocycles. The highest BCUT2D eigenvalue weighted by atomic mass is 19.1. The maximum absolute atomic E-state index is 15.8. The summed E-state index contributed by atoms with van der Waals surface area (Å²) in [6.45, 7) is 8.49. The average Bonchev–Trinajstić information content (AvgIpc) is 2.84. The SMILES string of the molecule is CC(NC(=O)OC(C)(C)C)c1cccc(-c2ccc3c(c2)N(Cc2ccccc2CC(=O)O)CCC3)c1F. The molecule has 1 heterocycles. The van der Waals surface area contributed by atoms with Crippen molar-refractivity contribution in [2.75, 3.05) is 11.4 Å². The van der Waals surface area contributed by atoms with Crippen LogP contribution in [0.3, 0.4) is 0 Å². The van der Waals surface area contributed by atoms with Gasteiger partial charge in [-0.1, -0.05) is 54.6 Å². The molecule has 0 saturated heterocycles. The Balaban J connectivity index is 1.62. The summed E-state index contributed by atoms with van der Waals surface area (Å²) in [7, 11) is 0. The lowest BCUT2D eigenvalue weighted by Gasteiger charge is -2.32. The Bertz CT molecular complexity index is 1330. The highest BCUT2D eigenvalue weighted by Gasteiger charge is 2.23. The summed E-state index contributed by atoms with van der Waals surface area (Å²) in [6.07, 6.45) is 1.31. The lowest BCUT2D eigenvalue weighted by atomic mass is 9.94. The van der Waals surface area contributed by atoms with Crippen LogP contribution in [0, 0.1) is 5.82 Å². The smallest absolute Gasteiger partial charge is 0.408 e. The van der Waals surface area contributed by atoms with E-state index in [1.165, 1.54) is 5.56 Å². The van der Waals surface area contributed by atoms with Crippen molar-refractivity contribution >= 4 is 17.7 Å². The summed E-state index contributed by atoms with van der Waals surface area (Å²) in [5.41, 5.74) is 4.93. The summed E-state index contributed by atoms with van der Waals surface area (Å²) in [6, 6.07) is 18.3. The molecule has 0 aromatic heterocycles. The molecular formula is C31H35FN2O4. The molecule has 6 nitrogen and oxygen atoms in total. The lowest BCUT2D eigenvalue weighted by molar-refractivity contribution is -0.136. The third-order valence-corrected chi connectivity index (χ3v) is 6.66. The summed E-state index contributed by atoms with van der Waals surface area (Å²) in [4.78, 5) is 25.9. The molecule has 7 heteroatoms. The Labute approximate surface area is 223 Å². The first-order valence-corrected chi connectivity index (χ1v) is 13.0. The predicted octanol–water partition coefficient (Wildman–Crippen LogP) is 6.66. The van der Waals surface area contributed by atoms with Crippen LogP contribution in [-0.4, -0.2) is 29.3 Å². The van der Waals surface area contributed by atoms with Crippen molar-refractivity contribution in [1.29, 1.82) is 0 Å². The third-order valence-electron chi connectivity index (χ3n) is 6.66. The molecule has 1 aliphatic heterocycles.